The van der Waals surface area contributed by atoms with Crippen LogP contribution in [0.3, 0.4) is 0 Å². The van der Waals surface area contributed by atoms with Crippen LogP contribution in [0.25, 0.3) is 17.1 Å². The molecule has 1 atom stereocenters. The molecule has 0 bridgehead atoms. The summed E-state index contributed by atoms with van der Waals surface area (Å²) >= 11 is 7.88. The van der Waals surface area contributed by atoms with Gasteiger partial charge in [-0.3, -0.25) is 9.36 Å². The largest absolute Gasteiger partial charge is 0.494 e. The molecule has 1 aliphatic rings. The zero-order valence-electron chi connectivity index (χ0n) is 19.5. The molecule has 0 saturated carbocycles. The summed E-state index contributed by atoms with van der Waals surface area (Å²) in [6.07, 6.45) is 0.867. The highest BCUT2D eigenvalue weighted by atomic mass is 35.5. The van der Waals surface area contributed by atoms with Crippen molar-refractivity contribution in [1.82, 2.24) is 14.8 Å². The molecule has 0 aliphatic carbocycles. The SMILES string of the molecule is CCOc1ccc(-n2c(SCC(=O)N3c4ccccc4C[C@H]3C)nnc2-c2ccccc2Cl)cc1. The van der Waals surface area contributed by atoms with Gasteiger partial charge in [0.1, 0.15) is 5.75 Å². The third-order valence-corrected chi connectivity index (χ3v) is 7.20. The Bertz CT molecular complexity index is 1360. The summed E-state index contributed by atoms with van der Waals surface area (Å²) in [4.78, 5) is 15.2. The van der Waals surface area contributed by atoms with E-state index in [4.69, 9.17) is 16.3 Å². The van der Waals surface area contributed by atoms with E-state index in [2.05, 4.69) is 23.2 Å². The summed E-state index contributed by atoms with van der Waals surface area (Å²) in [5.74, 6) is 1.70. The zero-order chi connectivity index (χ0) is 24.4. The highest BCUT2D eigenvalue weighted by molar-refractivity contribution is 7.99. The Labute approximate surface area is 213 Å². The van der Waals surface area contributed by atoms with Crippen LogP contribution in [0.2, 0.25) is 5.02 Å². The summed E-state index contributed by atoms with van der Waals surface area (Å²) in [5.41, 5.74) is 3.84. The molecule has 0 unspecified atom stereocenters. The van der Waals surface area contributed by atoms with Crippen LogP contribution in [0.15, 0.2) is 78.0 Å². The van der Waals surface area contributed by atoms with Crippen molar-refractivity contribution >= 4 is 35.0 Å². The highest BCUT2D eigenvalue weighted by Crippen LogP contribution is 2.35. The first-order valence-corrected chi connectivity index (χ1v) is 12.9. The number of nitrogens with zero attached hydrogens (tertiary/aromatic N) is 4. The number of benzene rings is 3. The molecule has 2 heterocycles. The minimum atomic E-state index is 0.0491. The van der Waals surface area contributed by atoms with Gasteiger partial charge in [-0.2, -0.15) is 0 Å². The van der Waals surface area contributed by atoms with Gasteiger partial charge in [0.2, 0.25) is 5.91 Å². The summed E-state index contributed by atoms with van der Waals surface area (Å²) in [7, 11) is 0. The molecule has 35 heavy (non-hydrogen) atoms. The standard InChI is InChI=1S/C27H25ClN4O2S/c1-3-34-21-14-12-20(13-15-21)32-26(22-9-5-6-10-23(22)28)29-30-27(32)35-17-25(33)31-18(2)16-19-8-4-7-11-24(19)31/h4-15,18H,3,16-17H2,1-2H3/t18-/m1/s1. The average molecular weight is 505 g/mol. The Morgan fingerprint density at radius 1 is 1.06 bits per heavy atom. The molecular weight excluding hydrogens is 480 g/mol. The number of hydrogen-bond donors (Lipinski definition) is 0. The molecule has 1 amide bonds. The van der Waals surface area contributed by atoms with Gasteiger partial charge in [0.15, 0.2) is 11.0 Å². The van der Waals surface area contributed by atoms with Crippen LogP contribution in [0.4, 0.5) is 5.69 Å². The van der Waals surface area contributed by atoms with E-state index in [1.165, 1.54) is 17.3 Å². The molecule has 8 heteroatoms. The summed E-state index contributed by atoms with van der Waals surface area (Å²) in [6.45, 7) is 4.63. The minimum absolute atomic E-state index is 0.0491. The maximum absolute atomic E-state index is 13.3. The van der Waals surface area contributed by atoms with Crippen molar-refractivity contribution in [3.63, 3.8) is 0 Å². The highest BCUT2D eigenvalue weighted by Gasteiger charge is 2.31. The van der Waals surface area contributed by atoms with Gasteiger partial charge in [-0.25, -0.2) is 0 Å². The van der Waals surface area contributed by atoms with Gasteiger partial charge in [-0.1, -0.05) is 53.7 Å². The van der Waals surface area contributed by atoms with Crippen molar-refractivity contribution in [2.24, 2.45) is 0 Å². The number of carbonyl (C=O) groups excluding carboxylic acids is 1. The van der Waals surface area contributed by atoms with E-state index in [1.54, 1.807) is 0 Å². The Hall–Kier alpha value is -3.29. The predicted molar refractivity (Wildman–Crippen MR) is 141 cm³/mol. The lowest BCUT2D eigenvalue weighted by molar-refractivity contribution is -0.116. The fourth-order valence-electron chi connectivity index (χ4n) is 4.41. The Kier molecular flexibility index (Phi) is 6.79. The number of thioether (sulfide) groups is 1. The molecule has 178 valence electrons. The molecule has 1 aliphatic heterocycles. The van der Waals surface area contributed by atoms with Gasteiger partial charge in [0.25, 0.3) is 0 Å². The van der Waals surface area contributed by atoms with Gasteiger partial charge in [-0.05, 0) is 68.3 Å². The maximum Gasteiger partial charge on any atom is 0.237 e. The maximum atomic E-state index is 13.3. The average Bonchev–Trinajstić information content (AvgIpc) is 3.44. The molecule has 1 aromatic heterocycles. The number of ether oxygens (including phenoxy) is 1. The van der Waals surface area contributed by atoms with E-state index >= 15 is 0 Å². The Balaban J connectivity index is 1.46. The molecule has 0 spiro atoms. The van der Waals surface area contributed by atoms with Crippen LogP contribution < -0.4 is 9.64 Å². The van der Waals surface area contributed by atoms with Gasteiger partial charge >= 0.3 is 0 Å². The number of para-hydroxylation sites is 1. The normalized spacial score (nSPS) is 14.7. The molecule has 0 N–H and O–H groups in total. The molecule has 3 aromatic carbocycles. The van der Waals surface area contributed by atoms with E-state index in [0.717, 1.165) is 29.1 Å². The number of amides is 1. The first-order chi connectivity index (χ1) is 17.1. The third-order valence-electron chi connectivity index (χ3n) is 5.95. The van der Waals surface area contributed by atoms with E-state index < -0.39 is 0 Å². The topological polar surface area (TPSA) is 60.2 Å². The van der Waals surface area contributed by atoms with Crippen molar-refractivity contribution in [3.8, 4) is 22.8 Å². The van der Waals surface area contributed by atoms with Crippen molar-refractivity contribution in [1.29, 1.82) is 0 Å². The second kappa shape index (κ2) is 10.1. The molecule has 5 rings (SSSR count). The summed E-state index contributed by atoms with van der Waals surface area (Å²) in [6, 6.07) is 23.5. The zero-order valence-corrected chi connectivity index (χ0v) is 21.1. The lowest BCUT2D eigenvalue weighted by atomic mass is 10.1. The van der Waals surface area contributed by atoms with Gasteiger partial charge in [0.05, 0.1) is 17.4 Å². The van der Waals surface area contributed by atoms with Crippen molar-refractivity contribution < 1.29 is 9.53 Å². The van der Waals surface area contributed by atoms with Crippen molar-refractivity contribution in [2.75, 3.05) is 17.3 Å². The number of fused-ring (bicyclic) bond motifs is 1. The third kappa shape index (κ3) is 4.66. The molecular formula is C27H25ClN4O2S. The first-order valence-electron chi connectivity index (χ1n) is 11.5. The van der Waals surface area contributed by atoms with Gasteiger partial charge in [-0.15, -0.1) is 10.2 Å². The van der Waals surface area contributed by atoms with Crippen LogP contribution in [-0.4, -0.2) is 39.1 Å². The lowest BCUT2D eigenvalue weighted by Crippen LogP contribution is -2.37. The van der Waals surface area contributed by atoms with E-state index in [0.29, 0.717) is 22.6 Å². The van der Waals surface area contributed by atoms with Crippen LogP contribution >= 0.6 is 23.4 Å². The predicted octanol–water partition coefficient (Wildman–Crippen LogP) is 6.06. The number of aromatic nitrogens is 3. The quantitative estimate of drug-likeness (QED) is 0.286. The smallest absolute Gasteiger partial charge is 0.237 e. The minimum Gasteiger partial charge on any atom is -0.494 e. The summed E-state index contributed by atoms with van der Waals surface area (Å²) < 4.78 is 7.54. The monoisotopic (exact) mass is 504 g/mol. The second-order valence-electron chi connectivity index (χ2n) is 8.28. The molecule has 4 aromatic rings. The van der Waals surface area contributed by atoms with E-state index in [9.17, 15) is 4.79 Å². The number of halogens is 1. The number of carbonyl (C=O) groups is 1. The van der Waals surface area contributed by atoms with E-state index in [1.807, 2.05) is 83.1 Å². The van der Waals surface area contributed by atoms with Gasteiger partial charge < -0.3 is 9.64 Å². The van der Waals surface area contributed by atoms with Crippen LogP contribution in [0.5, 0.6) is 5.75 Å². The Morgan fingerprint density at radius 2 is 1.80 bits per heavy atom. The van der Waals surface area contributed by atoms with E-state index in [-0.39, 0.29) is 17.7 Å². The summed E-state index contributed by atoms with van der Waals surface area (Å²) in [5, 5.41) is 10.1. The number of hydrogen-bond acceptors (Lipinski definition) is 5. The molecule has 6 nitrogen and oxygen atoms in total. The lowest BCUT2D eigenvalue weighted by Gasteiger charge is -2.22. The molecule has 0 saturated heterocycles. The Morgan fingerprint density at radius 3 is 2.57 bits per heavy atom. The fraction of sp³-hybridized carbons (Fsp3) is 0.222. The van der Waals surface area contributed by atoms with Crippen molar-refractivity contribution in [2.45, 2.75) is 31.5 Å². The number of rotatable bonds is 7. The van der Waals surface area contributed by atoms with Crippen LogP contribution in [0.1, 0.15) is 19.4 Å². The number of anilines is 1. The molecule has 0 radical (unpaired) electrons. The van der Waals surface area contributed by atoms with Crippen molar-refractivity contribution in [3.05, 3.63) is 83.4 Å². The fourth-order valence-corrected chi connectivity index (χ4v) is 5.44. The van der Waals surface area contributed by atoms with Gasteiger partial charge in [0, 0.05) is 23.0 Å². The molecule has 0 fully saturated rings. The first kappa shape index (κ1) is 23.5. The second-order valence-corrected chi connectivity index (χ2v) is 9.63. The van der Waals surface area contributed by atoms with Crippen LogP contribution in [-0.2, 0) is 11.2 Å². The van der Waals surface area contributed by atoms with Crippen LogP contribution in [0, 0.1) is 0 Å².